The lowest BCUT2D eigenvalue weighted by Gasteiger charge is -2.09. The molecule has 5 nitrogen and oxygen atoms in total. The lowest BCUT2D eigenvalue weighted by Crippen LogP contribution is -2.31. The number of sulfonamides is 1. The zero-order valence-electron chi connectivity index (χ0n) is 13.6. The minimum Gasteiger partial charge on any atom is -0.356 e. The molecule has 140 valence electrons. The molecule has 2 aromatic carbocycles. The minimum atomic E-state index is -3.70. The van der Waals surface area contributed by atoms with Gasteiger partial charge in [-0.25, -0.2) is 13.1 Å². The zero-order chi connectivity index (χ0) is 19.2. The summed E-state index contributed by atoms with van der Waals surface area (Å²) in [5.41, 5.74) is 0.834. The fourth-order valence-corrected chi connectivity index (χ4v) is 3.93. The van der Waals surface area contributed by atoms with Crippen LogP contribution in [-0.2, 0) is 21.2 Å². The van der Waals surface area contributed by atoms with Crippen LogP contribution in [0.3, 0.4) is 0 Å². The number of rotatable bonds is 8. The first-order valence-electron chi connectivity index (χ1n) is 7.74. The van der Waals surface area contributed by atoms with Gasteiger partial charge in [0.15, 0.2) is 0 Å². The van der Waals surface area contributed by atoms with Crippen LogP contribution in [0.15, 0.2) is 47.4 Å². The predicted octanol–water partition coefficient (Wildman–Crippen LogP) is 3.67. The third-order valence-corrected chi connectivity index (χ3v) is 6.05. The second-order valence-electron chi connectivity index (χ2n) is 5.42. The number of carbonyl (C=O) groups is 1. The fraction of sp³-hybridized carbons (Fsp3) is 0.235. The van der Waals surface area contributed by atoms with Crippen LogP contribution in [0.5, 0.6) is 0 Å². The van der Waals surface area contributed by atoms with Crippen LogP contribution in [0, 0.1) is 0 Å². The van der Waals surface area contributed by atoms with Crippen molar-refractivity contribution in [1.82, 2.24) is 10.0 Å². The molecular weight excluding hydrogens is 419 g/mol. The van der Waals surface area contributed by atoms with Crippen molar-refractivity contribution in [2.75, 3.05) is 13.1 Å². The van der Waals surface area contributed by atoms with Gasteiger partial charge in [-0.3, -0.25) is 4.79 Å². The highest BCUT2D eigenvalue weighted by Gasteiger charge is 2.14. The predicted molar refractivity (Wildman–Crippen MR) is 104 cm³/mol. The number of halogens is 3. The van der Waals surface area contributed by atoms with Crippen LogP contribution in [0.2, 0.25) is 15.1 Å². The number of amides is 1. The van der Waals surface area contributed by atoms with Crippen LogP contribution >= 0.6 is 34.8 Å². The zero-order valence-corrected chi connectivity index (χ0v) is 16.7. The Hall–Kier alpha value is -1.31. The van der Waals surface area contributed by atoms with Gasteiger partial charge in [-0.15, -0.1) is 0 Å². The van der Waals surface area contributed by atoms with E-state index < -0.39 is 10.0 Å². The highest BCUT2D eigenvalue weighted by atomic mass is 35.5. The third-order valence-electron chi connectivity index (χ3n) is 3.50. The Kier molecular flexibility index (Phi) is 7.73. The summed E-state index contributed by atoms with van der Waals surface area (Å²) in [6.45, 7) is 0.360. The molecule has 0 atom stereocenters. The third kappa shape index (κ3) is 6.14. The molecule has 26 heavy (non-hydrogen) atoms. The normalized spacial score (nSPS) is 11.3. The number of hydrogen-bond acceptors (Lipinski definition) is 3. The van der Waals surface area contributed by atoms with Crippen molar-refractivity contribution >= 4 is 50.7 Å². The second-order valence-corrected chi connectivity index (χ2v) is 8.41. The lowest BCUT2D eigenvalue weighted by molar-refractivity contribution is -0.120. The summed E-state index contributed by atoms with van der Waals surface area (Å²) in [6.07, 6.45) is 0.544. The van der Waals surface area contributed by atoms with Gasteiger partial charge in [0.2, 0.25) is 15.9 Å². The average molecular weight is 436 g/mol. The lowest BCUT2D eigenvalue weighted by atomic mass is 10.1. The smallest absolute Gasteiger partial charge is 0.240 e. The largest absolute Gasteiger partial charge is 0.356 e. The minimum absolute atomic E-state index is 0.0153. The van der Waals surface area contributed by atoms with E-state index in [0.717, 1.165) is 5.56 Å². The first-order chi connectivity index (χ1) is 12.3. The van der Waals surface area contributed by atoms with Crippen molar-refractivity contribution < 1.29 is 13.2 Å². The van der Waals surface area contributed by atoms with Crippen LogP contribution < -0.4 is 10.0 Å². The Morgan fingerprint density at radius 3 is 2.46 bits per heavy atom. The summed E-state index contributed by atoms with van der Waals surface area (Å²) in [4.78, 5) is 11.9. The van der Waals surface area contributed by atoms with E-state index in [2.05, 4.69) is 10.0 Å². The molecule has 0 aliphatic rings. The van der Waals surface area contributed by atoms with Gasteiger partial charge in [0.1, 0.15) is 0 Å². The summed E-state index contributed by atoms with van der Waals surface area (Å²) in [6, 6.07) is 11.2. The molecule has 0 aromatic heterocycles. The van der Waals surface area contributed by atoms with E-state index in [0.29, 0.717) is 28.0 Å². The monoisotopic (exact) mass is 434 g/mol. The van der Waals surface area contributed by atoms with E-state index in [1.165, 1.54) is 12.1 Å². The summed E-state index contributed by atoms with van der Waals surface area (Å²) >= 11 is 17.8. The van der Waals surface area contributed by atoms with Crippen molar-refractivity contribution in [3.63, 3.8) is 0 Å². The van der Waals surface area contributed by atoms with Crippen molar-refractivity contribution in [1.29, 1.82) is 0 Å². The molecule has 0 saturated carbocycles. The molecule has 0 aliphatic carbocycles. The molecular formula is C17H17Cl3N2O3S. The van der Waals surface area contributed by atoms with Gasteiger partial charge in [0.25, 0.3) is 0 Å². The molecule has 0 bridgehead atoms. The maximum absolute atomic E-state index is 12.1. The van der Waals surface area contributed by atoms with Gasteiger partial charge in [-0.1, -0.05) is 53.0 Å². The number of benzene rings is 2. The first-order valence-corrected chi connectivity index (χ1v) is 10.4. The molecule has 2 rings (SSSR count). The van der Waals surface area contributed by atoms with Crippen LogP contribution in [0.25, 0.3) is 0 Å². The number of nitrogens with one attached hydrogen (secondary N) is 2. The molecule has 0 radical (unpaired) electrons. The van der Waals surface area contributed by atoms with Gasteiger partial charge in [0, 0.05) is 24.5 Å². The van der Waals surface area contributed by atoms with E-state index in [4.69, 9.17) is 34.8 Å². The first kappa shape index (κ1) is 21.0. The summed E-state index contributed by atoms with van der Waals surface area (Å²) in [5.74, 6) is -0.267. The van der Waals surface area contributed by atoms with Crippen molar-refractivity contribution in [3.8, 4) is 0 Å². The molecule has 2 aromatic rings. The molecule has 0 aliphatic heterocycles. The van der Waals surface area contributed by atoms with Crippen LogP contribution in [0.1, 0.15) is 12.0 Å². The summed E-state index contributed by atoms with van der Waals surface area (Å²) in [5, 5.41) is 3.97. The van der Waals surface area contributed by atoms with Crippen molar-refractivity contribution in [3.05, 3.63) is 63.1 Å². The maximum Gasteiger partial charge on any atom is 0.240 e. The van der Waals surface area contributed by atoms with E-state index in [-0.39, 0.29) is 23.8 Å². The second kappa shape index (κ2) is 9.58. The molecule has 9 heteroatoms. The van der Waals surface area contributed by atoms with Crippen LogP contribution in [0.4, 0.5) is 0 Å². The Labute approximate surface area is 167 Å². The van der Waals surface area contributed by atoms with Gasteiger partial charge < -0.3 is 5.32 Å². The fourth-order valence-electron chi connectivity index (χ4n) is 2.18. The molecule has 0 fully saturated rings. The highest BCUT2D eigenvalue weighted by molar-refractivity contribution is 7.89. The topological polar surface area (TPSA) is 75.3 Å². The molecule has 0 unspecified atom stereocenters. The average Bonchev–Trinajstić information content (AvgIpc) is 2.58. The summed E-state index contributed by atoms with van der Waals surface area (Å²) < 4.78 is 26.6. The molecule has 0 spiro atoms. The maximum atomic E-state index is 12.1. The van der Waals surface area contributed by atoms with E-state index in [1.54, 1.807) is 24.3 Å². The van der Waals surface area contributed by atoms with Crippen LogP contribution in [-0.4, -0.2) is 27.4 Å². The van der Waals surface area contributed by atoms with Crippen molar-refractivity contribution in [2.45, 2.75) is 17.7 Å². The Bertz CT molecular complexity index is 889. The summed E-state index contributed by atoms with van der Waals surface area (Å²) in [7, 11) is -3.70. The SMILES string of the molecule is O=C(CCNS(=O)(=O)c1cccc(Cl)c1)NCCc1cccc(Cl)c1Cl. The quantitative estimate of drug-likeness (QED) is 0.664. The van der Waals surface area contributed by atoms with E-state index in [9.17, 15) is 13.2 Å². The van der Waals surface area contributed by atoms with E-state index in [1.807, 2.05) is 6.07 Å². The number of hydrogen-bond donors (Lipinski definition) is 2. The molecule has 1 amide bonds. The van der Waals surface area contributed by atoms with Crippen molar-refractivity contribution in [2.24, 2.45) is 0 Å². The Balaban J connectivity index is 1.76. The Morgan fingerprint density at radius 1 is 1.00 bits per heavy atom. The molecule has 2 N–H and O–H groups in total. The van der Waals surface area contributed by atoms with Gasteiger partial charge in [-0.2, -0.15) is 0 Å². The van der Waals surface area contributed by atoms with Gasteiger partial charge in [-0.05, 0) is 36.2 Å². The number of carbonyl (C=O) groups excluding carboxylic acids is 1. The van der Waals surface area contributed by atoms with Gasteiger partial charge in [0.05, 0.1) is 14.9 Å². The highest BCUT2D eigenvalue weighted by Crippen LogP contribution is 2.25. The van der Waals surface area contributed by atoms with Gasteiger partial charge >= 0.3 is 0 Å². The Morgan fingerprint density at radius 2 is 1.73 bits per heavy atom. The van der Waals surface area contributed by atoms with E-state index >= 15 is 0 Å². The molecule has 0 saturated heterocycles. The standard InChI is InChI=1S/C17H17Cl3N2O3S/c18-13-4-2-5-14(11-13)26(24,25)22-10-8-16(23)21-9-7-12-3-1-6-15(19)17(12)20/h1-6,11,22H,7-10H2,(H,21,23). The molecule has 0 heterocycles.